The Kier molecular flexibility index (Phi) is 6.28. The number of nitrogens with two attached hydrogens (primary N) is 2. The van der Waals surface area contributed by atoms with Crippen LogP contribution in [0, 0.1) is 21.8 Å². The van der Waals surface area contributed by atoms with Gasteiger partial charge < -0.3 is 15.9 Å². The summed E-state index contributed by atoms with van der Waals surface area (Å²) in [5, 5.41) is 37.1. The standard InChI is InChI=1S/C18H20FN3O7S/c1-11(18(25,16(23)24)12-5-3-2-4-6-12)17(20,10-30(21,28)29)14-9-13(22(26)27)7-8-15(14)19/h2-9,11,25H,10,20H2,1H3,(H,23,24)(H2,21,28,29)/t11?,17-,18-/m1/s1. The van der Waals surface area contributed by atoms with Gasteiger partial charge in [-0.15, -0.1) is 0 Å². The van der Waals surface area contributed by atoms with Crippen molar-refractivity contribution >= 4 is 21.7 Å². The van der Waals surface area contributed by atoms with Gasteiger partial charge in [0.15, 0.2) is 5.60 Å². The largest absolute Gasteiger partial charge is 0.479 e. The second-order valence-electron chi connectivity index (χ2n) is 6.93. The molecule has 0 fully saturated rings. The van der Waals surface area contributed by atoms with E-state index in [1.807, 2.05) is 0 Å². The molecule has 0 aliphatic rings. The monoisotopic (exact) mass is 441 g/mol. The van der Waals surface area contributed by atoms with Crippen molar-refractivity contribution in [1.29, 1.82) is 0 Å². The van der Waals surface area contributed by atoms with Crippen molar-refractivity contribution in [2.45, 2.75) is 18.1 Å². The van der Waals surface area contributed by atoms with Crippen LogP contribution in [-0.4, -0.2) is 35.3 Å². The van der Waals surface area contributed by atoms with E-state index in [2.05, 4.69) is 0 Å². The first-order valence-electron chi connectivity index (χ1n) is 8.48. The third kappa shape index (κ3) is 4.31. The fourth-order valence-electron chi connectivity index (χ4n) is 3.38. The van der Waals surface area contributed by atoms with Gasteiger partial charge in [-0.3, -0.25) is 10.1 Å². The van der Waals surface area contributed by atoms with Crippen LogP contribution in [0.1, 0.15) is 18.1 Å². The molecule has 12 heteroatoms. The number of hydrogen-bond acceptors (Lipinski definition) is 7. The number of sulfonamides is 1. The van der Waals surface area contributed by atoms with Gasteiger partial charge >= 0.3 is 5.97 Å². The van der Waals surface area contributed by atoms with Crippen molar-refractivity contribution in [1.82, 2.24) is 0 Å². The highest BCUT2D eigenvalue weighted by Gasteiger charge is 2.54. The Balaban J connectivity index is 2.83. The molecule has 0 spiro atoms. The summed E-state index contributed by atoms with van der Waals surface area (Å²) < 4.78 is 38.5. The SMILES string of the molecule is CC([C@](N)(CS(N)(=O)=O)c1cc([N+](=O)[O-])ccc1F)[C@](O)(C(=O)O)c1ccccc1. The van der Waals surface area contributed by atoms with Crippen LogP contribution in [0.2, 0.25) is 0 Å². The number of primary sulfonamides is 1. The summed E-state index contributed by atoms with van der Waals surface area (Å²) in [4.78, 5) is 22.4. The number of halogens is 1. The molecule has 162 valence electrons. The highest BCUT2D eigenvalue weighted by Crippen LogP contribution is 2.42. The van der Waals surface area contributed by atoms with Crippen LogP contribution in [0.4, 0.5) is 10.1 Å². The number of carboxylic acid groups (broad SMARTS) is 1. The fraction of sp³-hybridized carbons (Fsp3) is 0.278. The minimum absolute atomic E-state index is 0.153. The lowest BCUT2D eigenvalue weighted by Crippen LogP contribution is -2.59. The maximum absolute atomic E-state index is 14.7. The number of aliphatic hydroxyl groups is 1. The van der Waals surface area contributed by atoms with E-state index in [1.54, 1.807) is 6.07 Å². The summed E-state index contributed by atoms with van der Waals surface area (Å²) in [6.07, 6.45) is 0. The lowest BCUT2D eigenvalue weighted by Gasteiger charge is -2.42. The van der Waals surface area contributed by atoms with Crippen molar-refractivity contribution in [2.24, 2.45) is 16.8 Å². The zero-order chi connectivity index (χ0) is 22.9. The Hall–Kier alpha value is -2.93. The van der Waals surface area contributed by atoms with Crippen molar-refractivity contribution < 1.29 is 32.7 Å². The average molecular weight is 441 g/mol. The normalized spacial score (nSPS) is 16.8. The van der Waals surface area contributed by atoms with Crippen molar-refractivity contribution in [3.8, 4) is 0 Å². The van der Waals surface area contributed by atoms with E-state index in [0.29, 0.717) is 12.1 Å². The number of nitro benzene ring substituents is 1. The van der Waals surface area contributed by atoms with Crippen LogP contribution in [0.3, 0.4) is 0 Å². The second kappa shape index (κ2) is 8.07. The maximum atomic E-state index is 14.7. The Morgan fingerprint density at radius 3 is 2.30 bits per heavy atom. The number of nitro groups is 1. The topological polar surface area (TPSA) is 187 Å². The summed E-state index contributed by atoms with van der Waals surface area (Å²) >= 11 is 0. The van der Waals surface area contributed by atoms with Gasteiger partial charge in [0.2, 0.25) is 10.0 Å². The molecule has 0 aliphatic heterocycles. The Labute approximate surface area is 171 Å². The van der Waals surface area contributed by atoms with Crippen molar-refractivity contribution in [3.63, 3.8) is 0 Å². The van der Waals surface area contributed by atoms with E-state index in [4.69, 9.17) is 10.9 Å². The van der Waals surface area contributed by atoms with Crippen LogP contribution in [-0.2, 0) is 26.0 Å². The van der Waals surface area contributed by atoms with Gasteiger partial charge in [-0.25, -0.2) is 22.7 Å². The number of benzene rings is 2. The Morgan fingerprint density at radius 2 is 1.83 bits per heavy atom. The average Bonchev–Trinajstić information content (AvgIpc) is 2.65. The lowest BCUT2D eigenvalue weighted by atomic mass is 9.69. The molecule has 0 saturated carbocycles. The Morgan fingerprint density at radius 1 is 1.27 bits per heavy atom. The lowest BCUT2D eigenvalue weighted by molar-refractivity contribution is -0.385. The molecule has 0 amide bonds. The summed E-state index contributed by atoms with van der Waals surface area (Å²) in [5.74, 6) is -5.81. The summed E-state index contributed by atoms with van der Waals surface area (Å²) in [6, 6.07) is 9.19. The molecule has 0 radical (unpaired) electrons. The molecule has 10 nitrogen and oxygen atoms in total. The van der Waals surface area contributed by atoms with Gasteiger partial charge in [-0.05, 0) is 11.6 Å². The van der Waals surface area contributed by atoms with E-state index in [9.17, 15) is 37.9 Å². The minimum Gasteiger partial charge on any atom is -0.479 e. The summed E-state index contributed by atoms with van der Waals surface area (Å²) in [5.41, 5.74) is -0.432. The fourth-order valence-corrected chi connectivity index (χ4v) is 4.45. The quantitative estimate of drug-likeness (QED) is 0.342. The van der Waals surface area contributed by atoms with Gasteiger partial charge in [0.1, 0.15) is 5.82 Å². The number of aliphatic carboxylic acids is 1. The van der Waals surface area contributed by atoms with Crippen LogP contribution in [0.25, 0.3) is 0 Å². The van der Waals surface area contributed by atoms with Gasteiger partial charge in [-0.2, -0.15) is 0 Å². The second-order valence-corrected chi connectivity index (χ2v) is 8.54. The number of carbonyl (C=O) groups is 1. The number of rotatable bonds is 8. The van der Waals surface area contributed by atoms with E-state index >= 15 is 0 Å². The first-order chi connectivity index (χ1) is 13.7. The smallest absolute Gasteiger partial charge is 0.340 e. The third-order valence-electron chi connectivity index (χ3n) is 5.04. The highest BCUT2D eigenvalue weighted by atomic mass is 32.2. The summed E-state index contributed by atoms with van der Waals surface area (Å²) in [7, 11) is -4.46. The van der Waals surface area contributed by atoms with E-state index in [0.717, 1.165) is 13.0 Å². The first-order valence-corrected chi connectivity index (χ1v) is 10.2. The first kappa shape index (κ1) is 23.3. The molecule has 3 atom stereocenters. The molecular weight excluding hydrogens is 421 g/mol. The van der Waals surface area contributed by atoms with Crippen LogP contribution in [0.5, 0.6) is 0 Å². The summed E-state index contributed by atoms with van der Waals surface area (Å²) in [6.45, 7) is 1.10. The number of hydrogen-bond donors (Lipinski definition) is 4. The molecule has 2 rings (SSSR count). The zero-order valence-corrected chi connectivity index (χ0v) is 16.5. The number of carboxylic acids is 1. The van der Waals surface area contributed by atoms with Gasteiger partial charge in [0, 0.05) is 23.6 Å². The molecule has 0 saturated heterocycles. The molecule has 0 aliphatic carbocycles. The molecule has 2 aromatic carbocycles. The van der Waals surface area contributed by atoms with E-state index in [1.165, 1.54) is 24.3 Å². The molecule has 2 aromatic rings. The molecule has 0 bridgehead atoms. The van der Waals surface area contributed by atoms with E-state index < -0.39 is 60.8 Å². The van der Waals surface area contributed by atoms with Gasteiger partial charge in [0.25, 0.3) is 5.69 Å². The van der Waals surface area contributed by atoms with Crippen molar-refractivity contribution in [3.05, 3.63) is 75.6 Å². The van der Waals surface area contributed by atoms with Gasteiger partial charge in [-0.1, -0.05) is 37.3 Å². The van der Waals surface area contributed by atoms with Crippen molar-refractivity contribution in [2.75, 3.05) is 5.75 Å². The molecule has 0 heterocycles. The molecule has 1 unspecified atom stereocenters. The predicted molar refractivity (Wildman–Crippen MR) is 104 cm³/mol. The van der Waals surface area contributed by atoms with E-state index in [-0.39, 0.29) is 5.56 Å². The highest BCUT2D eigenvalue weighted by molar-refractivity contribution is 7.89. The third-order valence-corrected chi connectivity index (χ3v) is 5.92. The van der Waals surface area contributed by atoms with Crippen LogP contribution >= 0.6 is 0 Å². The number of non-ortho nitro benzene ring substituents is 1. The zero-order valence-electron chi connectivity index (χ0n) is 15.7. The molecular formula is C18H20FN3O7S. The minimum atomic E-state index is -4.46. The van der Waals surface area contributed by atoms with Gasteiger partial charge in [0.05, 0.1) is 16.2 Å². The Bertz CT molecular complexity index is 1080. The number of nitrogens with zero attached hydrogens (tertiary/aromatic N) is 1. The molecule has 6 N–H and O–H groups in total. The van der Waals surface area contributed by atoms with Crippen LogP contribution < -0.4 is 10.9 Å². The maximum Gasteiger partial charge on any atom is 0.340 e. The predicted octanol–water partition coefficient (Wildman–Crippen LogP) is 0.785. The molecule has 0 aromatic heterocycles. The molecule has 30 heavy (non-hydrogen) atoms. The van der Waals surface area contributed by atoms with Crippen LogP contribution in [0.15, 0.2) is 48.5 Å².